The van der Waals surface area contributed by atoms with Gasteiger partial charge in [0.05, 0.1) is 5.60 Å². The molecule has 1 unspecified atom stereocenters. The van der Waals surface area contributed by atoms with Gasteiger partial charge in [0.25, 0.3) is 0 Å². The van der Waals surface area contributed by atoms with E-state index in [4.69, 9.17) is 4.74 Å². The van der Waals surface area contributed by atoms with Gasteiger partial charge in [-0.1, -0.05) is 0 Å². The van der Waals surface area contributed by atoms with E-state index < -0.39 is 0 Å². The second-order valence-corrected chi connectivity index (χ2v) is 6.78. The van der Waals surface area contributed by atoms with Crippen LogP contribution in [0, 0.1) is 5.92 Å². The quantitative estimate of drug-likeness (QED) is 0.780. The maximum Gasteiger partial charge on any atom is 0.201 e. The van der Waals surface area contributed by atoms with Crippen molar-refractivity contribution in [3.8, 4) is 0 Å². The van der Waals surface area contributed by atoms with E-state index in [1.165, 1.54) is 0 Å². The normalized spacial score (nSPS) is 26.5. The SMILES string of the molecule is Cn1ccnc1C(=O)C1CCOC2(CCSCC2)C1. The molecule has 0 bridgehead atoms. The fourth-order valence-electron chi connectivity index (χ4n) is 3.13. The first kappa shape index (κ1) is 13.2. The van der Waals surface area contributed by atoms with Gasteiger partial charge in [0.15, 0.2) is 5.82 Å². The van der Waals surface area contributed by atoms with E-state index in [1.54, 1.807) is 6.20 Å². The van der Waals surface area contributed by atoms with Crippen LogP contribution in [-0.2, 0) is 11.8 Å². The molecule has 1 aromatic heterocycles. The van der Waals surface area contributed by atoms with Gasteiger partial charge in [-0.25, -0.2) is 4.98 Å². The van der Waals surface area contributed by atoms with Crippen molar-refractivity contribution < 1.29 is 9.53 Å². The zero-order valence-corrected chi connectivity index (χ0v) is 12.1. The summed E-state index contributed by atoms with van der Waals surface area (Å²) in [5.74, 6) is 3.17. The minimum absolute atomic E-state index is 0.0327. The monoisotopic (exact) mass is 280 g/mol. The molecule has 104 valence electrons. The third kappa shape index (κ3) is 2.58. The van der Waals surface area contributed by atoms with Gasteiger partial charge in [-0.3, -0.25) is 4.79 Å². The molecule has 1 aromatic rings. The predicted molar refractivity (Wildman–Crippen MR) is 75.5 cm³/mol. The summed E-state index contributed by atoms with van der Waals surface area (Å²) < 4.78 is 7.86. The molecule has 19 heavy (non-hydrogen) atoms. The smallest absolute Gasteiger partial charge is 0.201 e. The number of rotatable bonds is 2. The van der Waals surface area contributed by atoms with Gasteiger partial charge in [0, 0.05) is 32.0 Å². The highest BCUT2D eigenvalue weighted by atomic mass is 32.2. The molecule has 4 nitrogen and oxygen atoms in total. The number of Topliss-reactive ketones (excluding diaryl/α,β-unsaturated/α-hetero) is 1. The van der Waals surface area contributed by atoms with E-state index in [9.17, 15) is 4.79 Å². The Labute approximate surface area is 117 Å². The fourth-order valence-corrected chi connectivity index (χ4v) is 4.37. The number of thioether (sulfide) groups is 1. The summed E-state index contributed by atoms with van der Waals surface area (Å²) in [5.41, 5.74) is -0.0327. The molecular formula is C14H20N2O2S. The number of hydrogen-bond acceptors (Lipinski definition) is 4. The number of imidazole rings is 1. The van der Waals surface area contributed by atoms with Gasteiger partial charge in [-0.05, 0) is 37.2 Å². The third-order valence-electron chi connectivity index (χ3n) is 4.31. The molecule has 3 rings (SSSR count). The van der Waals surface area contributed by atoms with Crippen molar-refractivity contribution in [2.45, 2.75) is 31.3 Å². The average Bonchev–Trinajstić information content (AvgIpc) is 2.85. The molecule has 0 aromatic carbocycles. The zero-order chi connectivity index (χ0) is 13.3. The molecule has 0 N–H and O–H groups in total. The summed E-state index contributed by atoms with van der Waals surface area (Å²) in [4.78, 5) is 16.8. The van der Waals surface area contributed by atoms with E-state index in [-0.39, 0.29) is 17.3 Å². The topological polar surface area (TPSA) is 44.1 Å². The number of ether oxygens (including phenoxy) is 1. The molecule has 0 saturated carbocycles. The van der Waals surface area contributed by atoms with E-state index in [0.717, 1.165) is 37.2 Å². The molecule has 5 heteroatoms. The molecule has 2 aliphatic rings. The number of aryl methyl sites for hydroxylation is 1. The first-order valence-electron chi connectivity index (χ1n) is 6.93. The average molecular weight is 280 g/mol. The highest BCUT2D eigenvalue weighted by molar-refractivity contribution is 7.99. The van der Waals surface area contributed by atoms with Crippen molar-refractivity contribution in [3.63, 3.8) is 0 Å². The molecule has 1 spiro atoms. The number of nitrogens with zero attached hydrogens (tertiary/aromatic N) is 2. The Morgan fingerprint density at radius 2 is 2.32 bits per heavy atom. The fraction of sp³-hybridized carbons (Fsp3) is 0.714. The lowest BCUT2D eigenvalue weighted by Gasteiger charge is -2.42. The van der Waals surface area contributed by atoms with Crippen molar-refractivity contribution in [1.29, 1.82) is 0 Å². The Bertz CT molecular complexity index is 460. The van der Waals surface area contributed by atoms with Crippen LogP contribution in [0.5, 0.6) is 0 Å². The Kier molecular flexibility index (Phi) is 3.67. The number of carbonyl (C=O) groups is 1. The summed E-state index contributed by atoms with van der Waals surface area (Å²) in [7, 11) is 1.88. The van der Waals surface area contributed by atoms with Gasteiger partial charge in [-0.15, -0.1) is 0 Å². The summed E-state index contributed by atoms with van der Waals surface area (Å²) >= 11 is 1.99. The van der Waals surface area contributed by atoms with Crippen LogP contribution in [0.15, 0.2) is 12.4 Å². The van der Waals surface area contributed by atoms with Crippen molar-refractivity contribution >= 4 is 17.5 Å². The highest BCUT2D eigenvalue weighted by Crippen LogP contribution is 2.40. The largest absolute Gasteiger partial charge is 0.375 e. The van der Waals surface area contributed by atoms with Crippen LogP contribution < -0.4 is 0 Å². The van der Waals surface area contributed by atoms with Crippen LogP contribution in [-0.4, -0.2) is 39.0 Å². The Balaban J connectivity index is 1.74. The van der Waals surface area contributed by atoms with E-state index in [2.05, 4.69) is 4.98 Å². The van der Waals surface area contributed by atoms with Gasteiger partial charge < -0.3 is 9.30 Å². The number of carbonyl (C=O) groups excluding carboxylic acids is 1. The standard InChI is InChI=1S/C14H20N2O2S/c1-16-6-5-15-13(16)12(17)11-2-7-18-14(10-11)3-8-19-9-4-14/h5-6,11H,2-4,7-10H2,1H3. The molecule has 2 saturated heterocycles. The molecule has 0 amide bonds. The Morgan fingerprint density at radius 1 is 1.53 bits per heavy atom. The molecule has 0 radical (unpaired) electrons. The van der Waals surface area contributed by atoms with Gasteiger partial charge in [0.2, 0.25) is 5.78 Å². The second-order valence-electron chi connectivity index (χ2n) is 5.56. The lowest BCUT2D eigenvalue weighted by atomic mass is 9.80. The Morgan fingerprint density at radius 3 is 3.00 bits per heavy atom. The molecule has 2 fully saturated rings. The zero-order valence-electron chi connectivity index (χ0n) is 11.3. The summed E-state index contributed by atoms with van der Waals surface area (Å²) in [5, 5.41) is 0. The summed E-state index contributed by atoms with van der Waals surface area (Å²) in [6, 6.07) is 0. The number of hydrogen-bond donors (Lipinski definition) is 0. The second kappa shape index (κ2) is 5.29. The van der Waals surface area contributed by atoms with Crippen molar-refractivity contribution in [3.05, 3.63) is 18.2 Å². The van der Waals surface area contributed by atoms with Crippen LogP contribution >= 0.6 is 11.8 Å². The Hall–Kier alpha value is -0.810. The maximum absolute atomic E-state index is 12.6. The molecule has 0 aliphatic carbocycles. The van der Waals surface area contributed by atoms with Crippen LogP contribution in [0.4, 0.5) is 0 Å². The highest BCUT2D eigenvalue weighted by Gasteiger charge is 2.41. The van der Waals surface area contributed by atoms with Crippen LogP contribution in [0.1, 0.15) is 36.3 Å². The van der Waals surface area contributed by atoms with E-state index in [0.29, 0.717) is 12.4 Å². The van der Waals surface area contributed by atoms with Crippen LogP contribution in [0.3, 0.4) is 0 Å². The van der Waals surface area contributed by atoms with Crippen molar-refractivity contribution in [2.24, 2.45) is 13.0 Å². The molecule has 2 aliphatic heterocycles. The maximum atomic E-state index is 12.6. The van der Waals surface area contributed by atoms with Crippen LogP contribution in [0.2, 0.25) is 0 Å². The lowest BCUT2D eigenvalue weighted by Crippen LogP contribution is -2.44. The van der Waals surface area contributed by atoms with Crippen molar-refractivity contribution in [2.75, 3.05) is 18.1 Å². The number of aromatic nitrogens is 2. The number of ketones is 1. The summed E-state index contributed by atoms with van der Waals surface area (Å²) in [6.07, 6.45) is 7.41. The molecule has 3 heterocycles. The minimum Gasteiger partial charge on any atom is -0.375 e. The van der Waals surface area contributed by atoms with Gasteiger partial charge in [0.1, 0.15) is 0 Å². The first-order valence-corrected chi connectivity index (χ1v) is 8.09. The molecule has 1 atom stereocenters. The summed E-state index contributed by atoms with van der Waals surface area (Å²) in [6.45, 7) is 0.714. The molecular weight excluding hydrogens is 260 g/mol. The van der Waals surface area contributed by atoms with Gasteiger partial charge in [-0.2, -0.15) is 11.8 Å². The lowest BCUT2D eigenvalue weighted by molar-refractivity contribution is -0.0960. The van der Waals surface area contributed by atoms with Crippen LogP contribution in [0.25, 0.3) is 0 Å². The predicted octanol–water partition coefficient (Wildman–Crippen LogP) is 2.30. The van der Waals surface area contributed by atoms with E-state index >= 15 is 0 Å². The minimum atomic E-state index is -0.0327. The van der Waals surface area contributed by atoms with Crippen molar-refractivity contribution in [1.82, 2.24) is 9.55 Å². The first-order chi connectivity index (χ1) is 9.20. The van der Waals surface area contributed by atoms with Gasteiger partial charge >= 0.3 is 0 Å². The third-order valence-corrected chi connectivity index (χ3v) is 5.29. The van der Waals surface area contributed by atoms with E-state index in [1.807, 2.05) is 29.6 Å².